The van der Waals surface area contributed by atoms with Crippen molar-refractivity contribution in [2.45, 2.75) is 11.4 Å². The van der Waals surface area contributed by atoms with E-state index in [2.05, 4.69) is 4.74 Å². The van der Waals surface area contributed by atoms with Gasteiger partial charge in [-0.1, -0.05) is 6.07 Å². The quantitative estimate of drug-likeness (QED) is 0.295. The number of nitro groups is 1. The molecule has 0 saturated heterocycles. The Kier molecular flexibility index (Phi) is 6.27. The van der Waals surface area contributed by atoms with Crippen molar-refractivity contribution in [3.63, 3.8) is 0 Å². The highest BCUT2D eigenvalue weighted by molar-refractivity contribution is 7.89. The Hall–Kier alpha value is -3.44. The van der Waals surface area contributed by atoms with Crippen LogP contribution in [0.5, 0.6) is 5.75 Å². The molecule has 0 unspecified atom stereocenters. The first kappa shape index (κ1) is 22.2. The molecule has 0 aliphatic carbocycles. The molecule has 3 rings (SSSR count). The van der Waals surface area contributed by atoms with E-state index < -0.39 is 27.5 Å². The zero-order chi connectivity index (χ0) is 22.8. The number of sulfonamides is 1. The van der Waals surface area contributed by atoms with Gasteiger partial charge in [-0.3, -0.25) is 14.9 Å². The Morgan fingerprint density at radius 1 is 1.16 bits per heavy atom. The molecule has 2 aromatic carbocycles. The normalized spacial score (nSPS) is 11.6. The molecule has 0 aliphatic rings. The van der Waals surface area contributed by atoms with Crippen LogP contribution in [0.1, 0.15) is 5.56 Å². The molecule has 1 heterocycles. The maximum atomic E-state index is 13.3. The van der Waals surface area contributed by atoms with Gasteiger partial charge < -0.3 is 14.0 Å². The van der Waals surface area contributed by atoms with Gasteiger partial charge in [0.05, 0.1) is 34.9 Å². The van der Waals surface area contributed by atoms with Gasteiger partial charge in [-0.25, -0.2) is 8.42 Å². The minimum Gasteiger partial charge on any atom is -0.497 e. The van der Waals surface area contributed by atoms with Crippen LogP contribution in [0.4, 0.5) is 5.69 Å². The molecule has 11 heteroatoms. The molecule has 0 N–H and O–H groups in total. The van der Waals surface area contributed by atoms with Crippen molar-refractivity contribution >= 4 is 32.6 Å². The Labute approximate surface area is 178 Å². The first-order chi connectivity index (χ1) is 14.7. The molecule has 0 amide bonds. The summed E-state index contributed by atoms with van der Waals surface area (Å²) in [5.41, 5.74) is 0.822. The Morgan fingerprint density at radius 2 is 1.84 bits per heavy atom. The molecule has 0 spiro atoms. The molecule has 0 aliphatic heterocycles. The lowest BCUT2D eigenvalue weighted by Crippen LogP contribution is -2.35. The number of ether oxygens (including phenoxy) is 2. The summed E-state index contributed by atoms with van der Waals surface area (Å²) in [6.45, 7) is -0.812. The van der Waals surface area contributed by atoms with Gasteiger partial charge in [-0.15, -0.1) is 0 Å². The zero-order valence-electron chi connectivity index (χ0n) is 17.1. The third-order valence-electron chi connectivity index (χ3n) is 4.84. The van der Waals surface area contributed by atoms with E-state index in [4.69, 9.17) is 4.74 Å². The fourth-order valence-corrected chi connectivity index (χ4v) is 4.67. The number of fused-ring (bicyclic) bond motifs is 1. The number of esters is 1. The van der Waals surface area contributed by atoms with E-state index in [1.54, 1.807) is 29.9 Å². The van der Waals surface area contributed by atoms with Crippen molar-refractivity contribution in [2.24, 2.45) is 7.05 Å². The van der Waals surface area contributed by atoms with Gasteiger partial charge in [-0.2, -0.15) is 4.31 Å². The van der Waals surface area contributed by atoms with E-state index in [0.717, 1.165) is 11.4 Å². The number of non-ortho nitro benzene ring substituents is 1. The summed E-state index contributed by atoms with van der Waals surface area (Å²) in [5.74, 6) is -0.282. The summed E-state index contributed by atoms with van der Waals surface area (Å²) < 4.78 is 38.9. The number of nitro benzene ring substituents is 1. The van der Waals surface area contributed by atoms with Crippen LogP contribution in [0, 0.1) is 10.1 Å². The maximum Gasteiger partial charge on any atom is 0.321 e. The summed E-state index contributed by atoms with van der Waals surface area (Å²) in [7, 11) is 0.197. The molecule has 10 nitrogen and oxygen atoms in total. The van der Waals surface area contributed by atoms with E-state index in [9.17, 15) is 23.3 Å². The number of aryl methyl sites for hydroxylation is 1. The number of carbonyl (C=O) groups is 1. The molecule has 0 bridgehead atoms. The minimum atomic E-state index is -4.12. The Balaban J connectivity index is 2.10. The third-order valence-corrected chi connectivity index (χ3v) is 6.65. The van der Waals surface area contributed by atoms with Crippen LogP contribution < -0.4 is 4.74 Å². The van der Waals surface area contributed by atoms with Crippen LogP contribution >= 0.6 is 0 Å². The molecule has 0 atom stereocenters. The van der Waals surface area contributed by atoms with E-state index >= 15 is 0 Å². The van der Waals surface area contributed by atoms with Gasteiger partial charge in [0.25, 0.3) is 5.69 Å². The van der Waals surface area contributed by atoms with Crippen molar-refractivity contribution in [2.75, 3.05) is 20.8 Å². The number of nitrogens with zero attached hydrogens (tertiary/aromatic N) is 3. The number of hydrogen-bond donors (Lipinski definition) is 0. The summed E-state index contributed by atoms with van der Waals surface area (Å²) in [6.07, 6.45) is 1.62. The van der Waals surface area contributed by atoms with Gasteiger partial charge in [0.15, 0.2) is 0 Å². The molecular formula is C20H21N3O7S. The summed E-state index contributed by atoms with van der Waals surface area (Å²) in [4.78, 5) is 22.9. The predicted molar refractivity (Wildman–Crippen MR) is 112 cm³/mol. The predicted octanol–water partition coefficient (Wildman–Crippen LogP) is 2.46. The second kappa shape index (κ2) is 8.74. The smallest absolute Gasteiger partial charge is 0.321 e. The standard InChI is InChI=1S/C20H21N3O7S/c1-21-11-14(20-17(21)5-4-6-18(20)23(25)26)12-22(13-19(24)30-3)31(27,28)16-9-7-15(29-2)8-10-16/h4-11H,12-13H2,1-3H3. The van der Waals surface area contributed by atoms with Crippen LogP contribution in [0.2, 0.25) is 0 Å². The topological polar surface area (TPSA) is 121 Å². The van der Waals surface area contributed by atoms with Gasteiger partial charge in [0, 0.05) is 25.9 Å². The lowest BCUT2D eigenvalue weighted by Gasteiger charge is -2.21. The van der Waals surface area contributed by atoms with Crippen molar-refractivity contribution in [3.05, 3.63) is 64.3 Å². The third kappa shape index (κ3) is 4.37. The van der Waals surface area contributed by atoms with Crippen LogP contribution in [0.15, 0.2) is 53.6 Å². The highest BCUT2D eigenvalue weighted by atomic mass is 32.2. The summed E-state index contributed by atoms with van der Waals surface area (Å²) in [5, 5.41) is 11.9. The summed E-state index contributed by atoms with van der Waals surface area (Å²) in [6, 6.07) is 10.3. The fourth-order valence-electron chi connectivity index (χ4n) is 3.31. The van der Waals surface area contributed by atoms with Crippen LogP contribution in [-0.2, 0) is 33.1 Å². The molecule has 164 valence electrons. The number of aromatic nitrogens is 1. The van der Waals surface area contributed by atoms with E-state index in [0.29, 0.717) is 22.2 Å². The second-order valence-corrected chi connectivity index (χ2v) is 8.66. The van der Waals surface area contributed by atoms with Gasteiger partial charge in [0.1, 0.15) is 12.3 Å². The molecule has 1 aromatic heterocycles. The molecule has 3 aromatic rings. The van der Waals surface area contributed by atoms with E-state index in [1.807, 2.05) is 0 Å². The lowest BCUT2D eigenvalue weighted by atomic mass is 10.1. The average Bonchev–Trinajstić information content (AvgIpc) is 3.08. The highest BCUT2D eigenvalue weighted by Crippen LogP contribution is 2.32. The van der Waals surface area contributed by atoms with Gasteiger partial charge in [-0.05, 0) is 35.9 Å². The van der Waals surface area contributed by atoms with Crippen molar-refractivity contribution in [3.8, 4) is 5.75 Å². The lowest BCUT2D eigenvalue weighted by molar-refractivity contribution is -0.383. The zero-order valence-corrected chi connectivity index (χ0v) is 18.0. The first-order valence-electron chi connectivity index (χ1n) is 9.11. The van der Waals surface area contributed by atoms with Crippen molar-refractivity contribution in [1.29, 1.82) is 0 Å². The van der Waals surface area contributed by atoms with Gasteiger partial charge in [0.2, 0.25) is 10.0 Å². The van der Waals surface area contributed by atoms with Crippen LogP contribution in [0.3, 0.4) is 0 Å². The molecular weight excluding hydrogens is 426 g/mol. The Morgan fingerprint density at radius 3 is 2.42 bits per heavy atom. The fraction of sp³-hybridized carbons (Fsp3) is 0.250. The largest absolute Gasteiger partial charge is 0.497 e. The summed E-state index contributed by atoms with van der Waals surface area (Å²) >= 11 is 0. The molecule has 31 heavy (non-hydrogen) atoms. The first-order valence-corrected chi connectivity index (χ1v) is 10.6. The van der Waals surface area contributed by atoms with Crippen LogP contribution in [0.25, 0.3) is 10.9 Å². The minimum absolute atomic E-state index is 0.0491. The molecule has 0 fully saturated rings. The molecule has 0 saturated carbocycles. The van der Waals surface area contributed by atoms with Crippen LogP contribution in [-0.4, -0.2) is 48.9 Å². The number of hydrogen-bond acceptors (Lipinski definition) is 7. The number of methoxy groups -OCH3 is 2. The number of carbonyl (C=O) groups excluding carboxylic acids is 1. The molecule has 0 radical (unpaired) electrons. The van der Waals surface area contributed by atoms with Gasteiger partial charge >= 0.3 is 5.97 Å². The number of rotatable bonds is 8. The maximum absolute atomic E-state index is 13.3. The van der Waals surface area contributed by atoms with Crippen molar-refractivity contribution < 1.29 is 27.6 Å². The average molecular weight is 447 g/mol. The SMILES string of the molecule is COC(=O)CN(Cc1cn(C)c2cccc([N+](=O)[O-])c12)S(=O)(=O)c1ccc(OC)cc1. The van der Waals surface area contributed by atoms with E-state index in [-0.39, 0.29) is 17.1 Å². The second-order valence-electron chi connectivity index (χ2n) is 6.72. The van der Waals surface area contributed by atoms with E-state index in [1.165, 1.54) is 37.4 Å². The monoisotopic (exact) mass is 447 g/mol. The highest BCUT2D eigenvalue weighted by Gasteiger charge is 2.29. The number of benzene rings is 2. The Bertz CT molecular complexity index is 1230. The van der Waals surface area contributed by atoms with Crippen molar-refractivity contribution in [1.82, 2.24) is 8.87 Å².